The Kier molecular flexibility index (Phi) is 9.20. The molecule has 0 amide bonds. The van der Waals surface area contributed by atoms with Crippen molar-refractivity contribution >= 4 is 34.3 Å². The Morgan fingerprint density at radius 3 is 2.34 bits per heavy atom. The number of ether oxygens (including phenoxy) is 2. The normalized spacial score (nSPS) is 12.1. The van der Waals surface area contributed by atoms with Gasteiger partial charge in [-0.25, -0.2) is 0 Å². The zero-order chi connectivity index (χ0) is 26.9. The number of halogens is 4. The molecule has 4 aromatic rings. The van der Waals surface area contributed by atoms with Crippen molar-refractivity contribution in [2.75, 3.05) is 0 Å². The number of carboxylic acid groups (broad SMARTS) is 1. The van der Waals surface area contributed by atoms with Gasteiger partial charge in [-0.2, -0.15) is 0 Å². The van der Waals surface area contributed by atoms with Crippen LogP contribution >= 0.6 is 11.6 Å². The average Bonchev–Trinajstić information content (AvgIpc) is 3.09. The van der Waals surface area contributed by atoms with Crippen LogP contribution in [0.25, 0.3) is 10.9 Å². The van der Waals surface area contributed by atoms with Crippen LogP contribution in [-0.2, 0) is 11.3 Å². The number of benzene rings is 3. The van der Waals surface area contributed by atoms with Crippen molar-refractivity contribution in [2.24, 2.45) is 0 Å². The number of carboxylic acids is 1. The summed E-state index contributed by atoms with van der Waals surface area (Å²) < 4.78 is 49.9. The fourth-order valence-corrected chi connectivity index (χ4v) is 4.17. The first-order chi connectivity index (χ1) is 17.4. The van der Waals surface area contributed by atoms with E-state index in [0.29, 0.717) is 38.3 Å². The van der Waals surface area contributed by atoms with E-state index in [1.807, 2.05) is 0 Å². The minimum Gasteiger partial charge on any atom is -0.546 e. The molecular formula is C27H20ClF3NNaO5. The first-order valence-corrected chi connectivity index (χ1v) is 11.5. The Bertz CT molecular complexity index is 1480. The molecule has 0 aliphatic heterocycles. The summed E-state index contributed by atoms with van der Waals surface area (Å²) in [6, 6.07) is 16.7. The van der Waals surface area contributed by atoms with Crippen molar-refractivity contribution in [2.45, 2.75) is 32.9 Å². The van der Waals surface area contributed by atoms with Crippen LogP contribution < -0.4 is 44.1 Å². The number of ketones is 1. The van der Waals surface area contributed by atoms with E-state index in [1.54, 1.807) is 60.0 Å². The number of alkyl halides is 3. The van der Waals surface area contributed by atoms with Crippen molar-refractivity contribution < 1.29 is 66.9 Å². The molecule has 38 heavy (non-hydrogen) atoms. The molecule has 192 valence electrons. The summed E-state index contributed by atoms with van der Waals surface area (Å²) in [4.78, 5) is 24.5. The van der Waals surface area contributed by atoms with E-state index >= 15 is 0 Å². The van der Waals surface area contributed by atoms with Gasteiger partial charge in [0, 0.05) is 34.3 Å². The molecule has 0 saturated carbocycles. The largest absolute Gasteiger partial charge is 1.00 e. The number of fused-ring (bicyclic) bond motifs is 1. The SMILES string of the molecule is Cc1c(C(=O)c2ccc(Cl)cc2)c2ccc(OC(F)(F)F)cc2n1Cc1cccc(O[C@H](C)C(=O)[O-])c1.[Na+]. The molecule has 1 aromatic heterocycles. The number of carbonyl (C=O) groups is 2. The predicted molar refractivity (Wildman–Crippen MR) is 129 cm³/mol. The van der Waals surface area contributed by atoms with E-state index in [-0.39, 0.29) is 47.6 Å². The fourth-order valence-electron chi connectivity index (χ4n) is 4.04. The summed E-state index contributed by atoms with van der Waals surface area (Å²) in [5.74, 6) is -1.84. The molecule has 0 unspecified atom stereocenters. The Hall–Kier alpha value is -2.98. The Morgan fingerprint density at radius 1 is 1.03 bits per heavy atom. The van der Waals surface area contributed by atoms with Crippen molar-refractivity contribution in [3.8, 4) is 11.5 Å². The predicted octanol–water partition coefficient (Wildman–Crippen LogP) is 2.30. The van der Waals surface area contributed by atoms with E-state index in [4.69, 9.17) is 16.3 Å². The molecule has 3 aromatic carbocycles. The van der Waals surface area contributed by atoms with E-state index < -0.39 is 24.2 Å². The van der Waals surface area contributed by atoms with E-state index in [2.05, 4.69) is 4.74 Å². The zero-order valence-corrected chi connectivity index (χ0v) is 23.4. The minimum atomic E-state index is -4.89. The van der Waals surface area contributed by atoms with Gasteiger partial charge in [0.25, 0.3) is 0 Å². The van der Waals surface area contributed by atoms with Crippen molar-refractivity contribution in [3.05, 3.63) is 94.1 Å². The molecule has 11 heteroatoms. The van der Waals surface area contributed by atoms with Crippen LogP contribution in [0, 0.1) is 6.92 Å². The summed E-state index contributed by atoms with van der Waals surface area (Å²) in [5, 5.41) is 11.9. The van der Waals surface area contributed by atoms with E-state index in [1.165, 1.54) is 19.1 Å². The molecule has 0 fully saturated rings. The zero-order valence-electron chi connectivity index (χ0n) is 20.6. The maximum Gasteiger partial charge on any atom is 1.00 e. The smallest absolute Gasteiger partial charge is 0.546 e. The quantitative estimate of drug-likeness (QED) is 0.247. The second-order valence-electron chi connectivity index (χ2n) is 8.34. The summed E-state index contributed by atoms with van der Waals surface area (Å²) >= 11 is 5.95. The molecular weight excluding hydrogens is 534 g/mol. The Morgan fingerprint density at radius 2 is 1.71 bits per heavy atom. The van der Waals surface area contributed by atoms with E-state index in [9.17, 15) is 27.9 Å². The van der Waals surface area contributed by atoms with Crippen LogP contribution in [0.3, 0.4) is 0 Å². The third-order valence-electron chi connectivity index (χ3n) is 5.75. The van der Waals surface area contributed by atoms with Crippen LogP contribution in [0.4, 0.5) is 13.2 Å². The molecule has 1 atom stereocenters. The first kappa shape index (κ1) is 29.6. The van der Waals surface area contributed by atoms with Gasteiger partial charge in [-0.05, 0) is 67.9 Å². The number of carbonyl (C=O) groups excluding carboxylic acids is 2. The second-order valence-corrected chi connectivity index (χ2v) is 8.77. The molecule has 1 heterocycles. The second kappa shape index (κ2) is 11.8. The number of aliphatic carboxylic acids is 1. The molecule has 0 bridgehead atoms. The van der Waals surface area contributed by atoms with Gasteiger partial charge < -0.3 is 23.9 Å². The van der Waals surface area contributed by atoms with Crippen molar-refractivity contribution in [1.29, 1.82) is 0 Å². The summed E-state index contributed by atoms with van der Waals surface area (Å²) in [6.45, 7) is 3.19. The van der Waals surface area contributed by atoms with Gasteiger partial charge in [0.15, 0.2) is 5.78 Å². The molecule has 6 nitrogen and oxygen atoms in total. The number of rotatable bonds is 8. The van der Waals surface area contributed by atoms with Gasteiger partial charge in [0.1, 0.15) is 17.6 Å². The van der Waals surface area contributed by atoms with Gasteiger partial charge in [0.2, 0.25) is 0 Å². The van der Waals surface area contributed by atoms with Crippen molar-refractivity contribution in [3.63, 3.8) is 0 Å². The van der Waals surface area contributed by atoms with Crippen LogP contribution in [0.2, 0.25) is 5.02 Å². The van der Waals surface area contributed by atoms with Gasteiger partial charge in [0.05, 0.1) is 17.0 Å². The molecule has 0 aliphatic rings. The number of nitrogens with zero attached hydrogens (tertiary/aromatic N) is 1. The van der Waals surface area contributed by atoms with Crippen LogP contribution in [0.15, 0.2) is 66.7 Å². The third kappa shape index (κ3) is 6.71. The summed E-state index contributed by atoms with van der Waals surface area (Å²) in [6.07, 6.45) is -6.07. The third-order valence-corrected chi connectivity index (χ3v) is 6.00. The van der Waals surface area contributed by atoms with Crippen LogP contribution in [0.1, 0.15) is 34.1 Å². The van der Waals surface area contributed by atoms with Crippen LogP contribution in [0.5, 0.6) is 11.5 Å². The summed E-state index contributed by atoms with van der Waals surface area (Å²) in [7, 11) is 0. The molecule has 0 saturated heterocycles. The number of hydrogen-bond donors (Lipinski definition) is 0. The Balaban J connectivity index is 0.00000400. The van der Waals surface area contributed by atoms with Gasteiger partial charge in [-0.3, -0.25) is 4.79 Å². The van der Waals surface area contributed by atoms with Gasteiger partial charge in [-0.15, -0.1) is 13.2 Å². The molecule has 0 spiro atoms. The molecule has 0 aliphatic carbocycles. The average molecular weight is 554 g/mol. The maximum atomic E-state index is 13.5. The first-order valence-electron chi connectivity index (χ1n) is 11.1. The Labute approximate surface area is 243 Å². The molecule has 0 radical (unpaired) electrons. The molecule has 4 rings (SSSR count). The van der Waals surface area contributed by atoms with Crippen molar-refractivity contribution in [1.82, 2.24) is 4.57 Å². The minimum absolute atomic E-state index is 0. The fraction of sp³-hybridized carbons (Fsp3) is 0.185. The van der Waals surface area contributed by atoms with Gasteiger partial charge >= 0.3 is 35.9 Å². The number of hydrogen-bond acceptors (Lipinski definition) is 5. The maximum absolute atomic E-state index is 13.5. The number of aromatic nitrogens is 1. The van der Waals surface area contributed by atoms with Gasteiger partial charge in [-0.1, -0.05) is 23.7 Å². The topological polar surface area (TPSA) is 80.6 Å². The van der Waals surface area contributed by atoms with E-state index in [0.717, 1.165) is 6.07 Å². The summed E-state index contributed by atoms with van der Waals surface area (Å²) in [5.41, 5.74) is 2.23. The monoisotopic (exact) mass is 553 g/mol. The van der Waals surface area contributed by atoms with Crippen LogP contribution in [-0.4, -0.2) is 28.8 Å². The standard InChI is InChI=1S/C27H21ClF3NO5.Na/c1-15-24(25(33)18-6-8-19(28)9-7-18)22-11-10-21(37-27(29,30)31)13-23(22)32(15)14-17-4-3-5-20(12-17)36-16(2)26(34)35;/h3-13,16H,14H2,1-2H3,(H,34,35);/q;+1/p-1/t16-;/m1./s1. The molecule has 0 N–H and O–H groups in total.